The molecule has 0 atom stereocenters. The first-order valence-electron chi connectivity index (χ1n) is 8.35. The molecule has 3 aromatic rings. The lowest BCUT2D eigenvalue weighted by atomic mass is 10.2. The van der Waals surface area contributed by atoms with Gasteiger partial charge in [0.15, 0.2) is 0 Å². The van der Waals surface area contributed by atoms with Gasteiger partial charge in [0.2, 0.25) is 5.95 Å². The van der Waals surface area contributed by atoms with Crippen LogP contribution in [0, 0.1) is 0 Å². The van der Waals surface area contributed by atoms with Crippen LogP contribution in [-0.4, -0.2) is 14.7 Å². The molecule has 0 saturated carbocycles. The van der Waals surface area contributed by atoms with Crippen molar-refractivity contribution in [2.24, 2.45) is 0 Å². The molecule has 0 radical (unpaired) electrons. The highest BCUT2D eigenvalue weighted by molar-refractivity contribution is 6.30. The van der Waals surface area contributed by atoms with Crippen LogP contribution in [0.3, 0.4) is 0 Å². The number of nitrogens with one attached hydrogen (secondary N) is 1. The van der Waals surface area contributed by atoms with E-state index in [1.165, 1.54) is 12.8 Å². The highest BCUT2D eigenvalue weighted by atomic mass is 35.5. The van der Waals surface area contributed by atoms with E-state index in [0.29, 0.717) is 11.6 Å². The number of halogens is 1. The van der Waals surface area contributed by atoms with E-state index in [9.17, 15) is 5.11 Å². The highest BCUT2D eigenvalue weighted by Crippen LogP contribution is 2.24. The minimum Gasteiger partial charge on any atom is -0.508 e. The number of hydrogen-bond acceptors (Lipinski definition) is 3. The largest absolute Gasteiger partial charge is 0.508 e. The summed E-state index contributed by atoms with van der Waals surface area (Å²) in [6.07, 6.45) is 3.50. The van der Waals surface area contributed by atoms with E-state index < -0.39 is 0 Å². The summed E-state index contributed by atoms with van der Waals surface area (Å²) in [5, 5.41) is 13.9. The summed E-state index contributed by atoms with van der Waals surface area (Å²) in [6.45, 7) is 3.61. The maximum absolute atomic E-state index is 9.97. The monoisotopic (exact) mass is 343 g/mol. The van der Waals surface area contributed by atoms with Gasteiger partial charge in [-0.3, -0.25) is 0 Å². The van der Waals surface area contributed by atoms with Crippen LogP contribution >= 0.6 is 11.6 Å². The molecule has 126 valence electrons. The number of phenolic OH excluding ortho intramolecular Hbond substituents is 1. The van der Waals surface area contributed by atoms with Crippen LogP contribution in [-0.2, 0) is 13.1 Å². The number of fused-ring (bicyclic) bond motifs is 1. The first-order chi connectivity index (χ1) is 11.7. The van der Waals surface area contributed by atoms with Crippen molar-refractivity contribution in [1.82, 2.24) is 9.55 Å². The summed E-state index contributed by atoms with van der Waals surface area (Å²) in [7, 11) is 0. The number of anilines is 1. The Morgan fingerprint density at radius 2 is 2.00 bits per heavy atom. The van der Waals surface area contributed by atoms with Gasteiger partial charge in [-0.15, -0.1) is 0 Å². The topological polar surface area (TPSA) is 50.1 Å². The third-order valence-electron chi connectivity index (χ3n) is 4.12. The Hall–Kier alpha value is -2.20. The number of para-hydroxylation sites is 2. The predicted octanol–water partition coefficient (Wildman–Crippen LogP) is 5.20. The number of unbranched alkanes of at least 4 members (excludes halogenated alkanes) is 2. The molecule has 24 heavy (non-hydrogen) atoms. The number of imidazole rings is 1. The Balaban J connectivity index is 1.85. The van der Waals surface area contributed by atoms with Gasteiger partial charge in [-0.2, -0.15) is 0 Å². The lowest BCUT2D eigenvalue weighted by Gasteiger charge is -2.11. The quantitative estimate of drug-likeness (QED) is 0.580. The average molecular weight is 344 g/mol. The molecule has 1 heterocycles. The predicted molar refractivity (Wildman–Crippen MR) is 99.7 cm³/mol. The lowest BCUT2D eigenvalue weighted by Crippen LogP contribution is -2.08. The molecular formula is C19H22ClN3O. The van der Waals surface area contributed by atoms with Crippen LogP contribution < -0.4 is 5.32 Å². The summed E-state index contributed by atoms with van der Waals surface area (Å²) in [5.41, 5.74) is 2.87. The number of aromatic nitrogens is 2. The van der Waals surface area contributed by atoms with Gasteiger partial charge in [0.05, 0.1) is 11.0 Å². The first-order valence-corrected chi connectivity index (χ1v) is 8.73. The van der Waals surface area contributed by atoms with Gasteiger partial charge in [0.1, 0.15) is 5.75 Å². The first kappa shape index (κ1) is 16.7. The van der Waals surface area contributed by atoms with Gasteiger partial charge in [0, 0.05) is 23.7 Å². The second kappa shape index (κ2) is 7.58. The Kier molecular flexibility index (Phi) is 5.26. The minimum absolute atomic E-state index is 0.237. The van der Waals surface area contributed by atoms with E-state index in [1.54, 1.807) is 18.2 Å². The number of hydrogen-bond donors (Lipinski definition) is 2. The zero-order valence-corrected chi connectivity index (χ0v) is 14.6. The summed E-state index contributed by atoms with van der Waals surface area (Å²) in [4.78, 5) is 4.70. The summed E-state index contributed by atoms with van der Waals surface area (Å²) < 4.78 is 2.21. The second-order valence-electron chi connectivity index (χ2n) is 5.91. The molecule has 0 aliphatic carbocycles. The van der Waals surface area contributed by atoms with E-state index in [4.69, 9.17) is 16.6 Å². The Bertz CT molecular complexity index is 829. The number of phenols is 1. The third kappa shape index (κ3) is 3.65. The van der Waals surface area contributed by atoms with Crippen LogP contribution in [0.4, 0.5) is 5.95 Å². The van der Waals surface area contributed by atoms with Gasteiger partial charge in [-0.05, 0) is 36.8 Å². The molecule has 0 spiro atoms. The Morgan fingerprint density at radius 1 is 1.17 bits per heavy atom. The molecule has 5 heteroatoms. The van der Waals surface area contributed by atoms with Crippen molar-refractivity contribution in [2.45, 2.75) is 39.3 Å². The third-order valence-corrected chi connectivity index (χ3v) is 4.35. The van der Waals surface area contributed by atoms with Crippen molar-refractivity contribution < 1.29 is 5.11 Å². The van der Waals surface area contributed by atoms with E-state index in [2.05, 4.69) is 22.9 Å². The standard InChI is InChI=1S/C19H22ClN3O/c1-2-3-6-11-23-17-8-5-4-7-16(17)22-19(23)21-13-14-12-15(20)9-10-18(14)24/h4-5,7-10,12,24H,2-3,6,11,13H2,1H3,(H,21,22). The fraction of sp³-hybridized carbons (Fsp3) is 0.316. The normalized spacial score (nSPS) is 11.1. The van der Waals surface area contributed by atoms with Gasteiger partial charge >= 0.3 is 0 Å². The van der Waals surface area contributed by atoms with Gasteiger partial charge < -0.3 is 15.0 Å². The van der Waals surface area contributed by atoms with Crippen molar-refractivity contribution in [2.75, 3.05) is 5.32 Å². The number of rotatable bonds is 7. The molecule has 1 aromatic heterocycles. The molecule has 2 aromatic carbocycles. The molecule has 0 saturated heterocycles. The van der Waals surface area contributed by atoms with Crippen LogP contribution in [0.5, 0.6) is 5.75 Å². The fourth-order valence-corrected chi connectivity index (χ4v) is 3.02. The van der Waals surface area contributed by atoms with Crippen LogP contribution in [0.1, 0.15) is 31.7 Å². The SMILES string of the molecule is CCCCCn1c(NCc2cc(Cl)ccc2O)nc2ccccc21. The zero-order chi connectivity index (χ0) is 16.9. The Labute approximate surface area is 147 Å². The number of nitrogens with zero attached hydrogens (tertiary/aromatic N) is 2. The number of benzene rings is 2. The van der Waals surface area contributed by atoms with Crippen molar-refractivity contribution in [3.8, 4) is 5.75 Å². The number of aromatic hydroxyl groups is 1. The van der Waals surface area contributed by atoms with Crippen LogP contribution in [0.15, 0.2) is 42.5 Å². The van der Waals surface area contributed by atoms with Gasteiger partial charge in [-0.25, -0.2) is 4.98 Å². The summed E-state index contributed by atoms with van der Waals surface area (Å²) in [5.74, 6) is 1.06. The molecule has 0 unspecified atom stereocenters. The molecule has 3 rings (SSSR count). The molecule has 0 amide bonds. The number of aryl methyl sites for hydroxylation is 1. The van der Waals surface area contributed by atoms with Crippen molar-refractivity contribution in [3.05, 3.63) is 53.1 Å². The van der Waals surface area contributed by atoms with Gasteiger partial charge in [-0.1, -0.05) is 43.5 Å². The Morgan fingerprint density at radius 3 is 2.83 bits per heavy atom. The van der Waals surface area contributed by atoms with Crippen molar-refractivity contribution in [1.29, 1.82) is 0 Å². The van der Waals surface area contributed by atoms with Crippen LogP contribution in [0.25, 0.3) is 11.0 Å². The van der Waals surface area contributed by atoms with E-state index in [1.807, 2.05) is 18.2 Å². The summed E-state index contributed by atoms with van der Waals surface area (Å²) >= 11 is 6.02. The zero-order valence-electron chi connectivity index (χ0n) is 13.8. The van der Waals surface area contributed by atoms with E-state index in [-0.39, 0.29) is 5.75 Å². The maximum Gasteiger partial charge on any atom is 0.204 e. The fourth-order valence-electron chi connectivity index (χ4n) is 2.83. The smallest absolute Gasteiger partial charge is 0.204 e. The van der Waals surface area contributed by atoms with E-state index >= 15 is 0 Å². The minimum atomic E-state index is 0.237. The van der Waals surface area contributed by atoms with Crippen molar-refractivity contribution >= 4 is 28.6 Å². The highest BCUT2D eigenvalue weighted by Gasteiger charge is 2.11. The molecule has 0 aliphatic heterocycles. The molecule has 0 fully saturated rings. The van der Waals surface area contributed by atoms with Crippen LogP contribution in [0.2, 0.25) is 5.02 Å². The maximum atomic E-state index is 9.97. The average Bonchev–Trinajstić information content (AvgIpc) is 2.94. The second-order valence-corrected chi connectivity index (χ2v) is 6.35. The van der Waals surface area contributed by atoms with Gasteiger partial charge in [0.25, 0.3) is 0 Å². The molecule has 4 nitrogen and oxygen atoms in total. The molecule has 0 aliphatic rings. The summed E-state index contributed by atoms with van der Waals surface area (Å²) in [6, 6.07) is 13.2. The lowest BCUT2D eigenvalue weighted by molar-refractivity contribution is 0.469. The van der Waals surface area contributed by atoms with Crippen molar-refractivity contribution in [3.63, 3.8) is 0 Å². The molecular weight excluding hydrogens is 322 g/mol. The molecule has 0 bridgehead atoms. The molecule has 2 N–H and O–H groups in total. The van der Waals surface area contributed by atoms with E-state index in [0.717, 1.165) is 35.5 Å².